The van der Waals surface area contributed by atoms with Gasteiger partial charge in [0, 0.05) is 22.8 Å². The Morgan fingerprint density at radius 2 is 1.96 bits per heavy atom. The van der Waals surface area contributed by atoms with Gasteiger partial charge in [-0.1, -0.05) is 25.1 Å². The molecule has 23 heavy (non-hydrogen) atoms. The van der Waals surface area contributed by atoms with Crippen molar-refractivity contribution in [3.05, 3.63) is 51.7 Å². The van der Waals surface area contributed by atoms with E-state index in [1.54, 1.807) is 0 Å². The van der Waals surface area contributed by atoms with Crippen LogP contribution in [0.4, 0.5) is 0 Å². The van der Waals surface area contributed by atoms with E-state index in [4.69, 9.17) is 4.74 Å². The molecule has 1 atom stereocenters. The van der Waals surface area contributed by atoms with Gasteiger partial charge in [-0.25, -0.2) is 0 Å². The molecule has 2 aromatic rings. The first-order valence-corrected chi connectivity index (χ1v) is 9.04. The van der Waals surface area contributed by atoms with Crippen molar-refractivity contribution in [3.8, 4) is 5.75 Å². The molecular formula is C19H27NO2S. The lowest BCUT2D eigenvalue weighted by Crippen LogP contribution is -2.35. The molecule has 2 rings (SSSR count). The smallest absolute Gasteiger partial charge is 0.122 e. The van der Waals surface area contributed by atoms with Crippen LogP contribution in [0.3, 0.4) is 0 Å². The summed E-state index contributed by atoms with van der Waals surface area (Å²) in [7, 11) is 0. The standard InChI is InChI=1S/C19H27NO2S/c1-4-11-20(13-18-10-9-16(3)23-18)12-17(21)14-22-19-8-6-5-7-15(19)2/h5-10,17,21H,4,11-14H2,1-3H3/t17-/m1/s1. The molecule has 0 aliphatic heterocycles. The molecule has 0 amide bonds. The van der Waals surface area contributed by atoms with Crippen LogP contribution in [0.2, 0.25) is 0 Å². The van der Waals surface area contributed by atoms with E-state index < -0.39 is 6.10 Å². The van der Waals surface area contributed by atoms with Gasteiger partial charge in [-0.2, -0.15) is 0 Å². The van der Waals surface area contributed by atoms with Crippen LogP contribution >= 0.6 is 11.3 Å². The Hall–Kier alpha value is -1.36. The number of hydrogen-bond acceptors (Lipinski definition) is 4. The molecule has 1 N–H and O–H groups in total. The van der Waals surface area contributed by atoms with Crippen molar-refractivity contribution in [2.24, 2.45) is 0 Å². The van der Waals surface area contributed by atoms with E-state index >= 15 is 0 Å². The summed E-state index contributed by atoms with van der Waals surface area (Å²) >= 11 is 1.83. The van der Waals surface area contributed by atoms with Gasteiger partial charge in [0.2, 0.25) is 0 Å². The van der Waals surface area contributed by atoms with E-state index in [1.165, 1.54) is 9.75 Å². The molecule has 0 radical (unpaired) electrons. The van der Waals surface area contributed by atoms with E-state index in [0.717, 1.165) is 30.8 Å². The summed E-state index contributed by atoms with van der Waals surface area (Å²) in [4.78, 5) is 4.99. The molecule has 0 saturated carbocycles. The fourth-order valence-electron chi connectivity index (χ4n) is 2.60. The molecule has 0 aliphatic rings. The number of benzene rings is 1. The SMILES string of the molecule is CCCN(Cc1ccc(C)s1)C[C@@H](O)COc1ccccc1C. The Kier molecular flexibility index (Phi) is 7.09. The van der Waals surface area contributed by atoms with Crippen LogP contribution in [0.1, 0.15) is 28.7 Å². The monoisotopic (exact) mass is 333 g/mol. The first kappa shape index (κ1) is 18.0. The zero-order chi connectivity index (χ0) is 16.7. The van der Waals surface area contributed by atoms with Crippen molar-refractivity contribution in [1.29, 1.82) is 0 Å². The minimum absolute atomic E-state index is 0.328. The largest absolute Gasteiger partial charge is 0.491 e. The summed E-state index contributed by atoms with van der Waals surface area (Å²) < 4.78 is 5.76. The zero-order valence-electron chi connectivity index (χ0n) is 14.3. The molecule has 0 unspecified atom stereocenters. The lowest BCUT2D eigenvalue weighted by molar-refractivity contribution is 0.0657. The molecule has 1 aromatic carbocycles. The third-order valence-electron chi connectivity index (χ3n) is 3.71. The molecule has 1 heterocycles. The number of para-hydroxylation sites is 1. The molecular weight excluding hydrogens is 306 g/mol. The predicted molar refractivity (Wildman–Crippen MR) is 97.3 cm³/mol. The number of aliphatic hydroxyl groups excluding tert-OH is 1. The Labute approximate surface area is 143 Å². The van der Waals surface area contributed by atoms with Gasteiger partial charge in [-0.05, 0) is 50.6 Å². The number of aliphatic hydroxyl groups is 1. The average molecular weight is 333 g/mol. The van der Waals surface area contributed by atoms with Crippen molar-refractivity contribution in [1.82, 2.24) is 4.90 Å². The van der Waals surface area contributed by atoms with E-state index in [9.17, 15) is 5.11 Å². The maximum absolute atomic E-state index is 10.3. The molecule has 0 saturated heterocycles. The number of rotatable bonds is 9. The van der Waals surface area contributed by atoms with Gasteiger partial charge in [0.15, 0.2) is 0 Å². The van der Waals surface area contributed by atoms with Crippen molar-refractivity contribution in [3.63, 3.8) is 0 Å². The summed E-state index contributed by atoms with van der Waals surface area (Å²) in [6.45, 7) is 9.16. The van der Waals surface area contributed by atoms with Crippen molar-refractivity contribution in [2.45, 2.75) is 39.8 Å². The highest BCUT2D eigenvalue weighted by molar-refractivity contribution is 7.11. The summed E-state index contributed by atoms with van der Waals surface area (Å²) in [6.07, 6.45) is 0.595. The van der Waals surface area contributed by atoms with Crippen molar-refractivity contribution < 1.29 is 9.84 Å². The molecule has 3 nitrogen and oxygen atoms in total. The number of hydrogen-bond donors (Lipinski definition) is 1. The molecule has 4 heteroatoms. The Balaban J connectivity index is 1.85. The van der Waals surface area contributed by atoms with E-state index in [-0.39, 0.29) is 0 Å². The second-order valence-electron chi connectivity index (χ2n) is 5.98. The molecule has 126 valence electrons. The maximum atomic E-state index is 10.3. The lowest BCUT2D eigenvalue weighted by atomic mass is 10.2. The Morgan fingerprint density at radius 1 is 1.17 bits per heavy atom. The second kappa shape index (κ2) is 9.06. The minimum atomic E-state index is -0.484. The molecule has 0 bridgehead atoms. The average Bonchev–Trinajstić information content (AvgIpc) is 2.92. The summed E-state index contributed by atoms with van der Waals surface area (Å²) in [5.74, 6) is 0.850. The van der Waals surface area contributed by atoms with E-state index in [1.807, 2.05) is 42.5 Å². The fourth-order valence-corrected chi connectivity index (χ4v) is 3.53. The van der Waals surface area contributed by atoms with Gasteiger partial charge in [0.05, 0.1) is 0 Å². The third kappa shape index (κ3) is 5.98. The van der Waals surface area contributed by atoms with Crippen LogP contribution in [-0.4, -0.2) is 35.8 Å². The molecule has 0 fully saturated rings. The maximum Gasteiger partial charge on any atom is 0.122 e. The minimum Gasteiger partial charge on any atom is -0.491 e. The summed E-state index contributed by atoms with van der Waals surface area (Å²) in [6, 6.07) is 12.2. The third-order valence-corrected chi connectivity index (χ3v) is 4.69. The topological polar surface area (TPSA) is 32.7 Å². The number of nitrogens with zero attached hydrogens (tertiary/aromatic N) is 1. The van der Waals surface area contributed by atoms with Gasteiger partial charge in [0.1, 0.15) is 18.5 Å². The highest BCUT2D eigenvalue weighted by Gasteiger charge is 2.13. The van der Waals surface area contributed by atoms with Crippen LogP contribution in [0.5, 0.6) is 5.75 Å². The van der Waals surface area contributed by atoms with Gasteiger partial charge in [-0.15, -0.1) is 11.3 Å². The van der Waals surface area contributed by atoms with Gasteiger partial charge in [0.25, 0.3) is 0 Å². The molecule has 1 aromatic heterocycles. The summed E-state index contributed by atoms with van der Waals surface area (Å²) in [5, 5.41) is 10.3. The van der Waals surface area contributed by atoms with E-state index in [0.29, 0.717) is 13.2 Å². The highest BCUT2D eigenvalue weighted by atomic mass is 32.1. The quantitative estimate of drug-likeness (QED) is 0.752. The van der Waals surface area contributed by atoms with Crippen LogP contribution < -0.4 is 4.74 Å². The number of thiophene rings is 1. The number of aryl methyl sites for hydroxylation is 2. The van der Waals surface area contributed by atoms with E-state index in [2.05, 4.69) is 30.9 Å². The van der Waals surface area contributed by atoms with Crippen LogP contribution in [0.15, 0.2) is 36.4 Å². The number of ether oxygens (including phenoxy) is 1. The van der Waals surface area contributed by atoms with Crippen LogP contribution in [0.25, 0.3) is 0 Å². The Bertz CT molecular complexity index is 597. The zero-order valence-corrected chi connectivity index (χ0v) is 15.1. The predicted octanol–water partition coefficient (Wildman–Crippen LogP) is 4.02. The lowest BCUT2D eigenvalue weighted by Gasteiger charge is -2.24. The second-order valence-corrected chi connectivity index (χ2v) is 7.35. The normalized spacial score (nSPS) is 12.6. The molecule has 0 spiro atoms. The molecule has 0 aliphatic carbocycles. The van der Waals surface area contributed by atoms with Gasteiger partial charge < -0.3 is 9.84 Å². The first-order chi connectivity index (χ1) is 11.1. The highest BCUT2D eigenvalue weighted by Crippen LogP contribution is 2.18. The Morgan fingerprint density at radius 3 is 2.61 bits per heavy atom. The van der Waals surface area contributed by atoms with Crippen molar-refractivity contribution >= 4 is 11.3 Å². The summed E-state index contributed by atoms with van der Waals surface area (Å²) in [5.41, 5.74) is 1.10. The first-order valence-electron chi connectivity index (χ1n) is 8.22. The van der Waals surface area contributed by atoms with Crippen molar-refractivity contribution in [2.75, 3.05) is 19.7 Å². The van der Waals surface area contributed by atoms with Gasteiger partial charge in [-0.3, -0.25) is 4.90 Å². The van der Waals surface area contributed by atoms with Crippen LogP contribution in [0, 0.1) is 13.8 Å². The van der Waals surface area contributed by atoms with Gasteiger partial charge >= 0.3 is 0 Å². The fraction of sp³-hybridized carbons (Fsp3) is 0.474. The van der Waals surface area contributed by atoms with Crippen LogP contribution in [-0.2, 0) is 6.54 Å².